The number of methoxy groups -OCH3 is 1. The second kappa shape index (κ2) is 19.5. The van der Waals surface area contributed by atoms with Crippen molar-refractivity contribution in [3.8, 4) is 0 Å². The molecule has 0 unspecified atom stereocenters. The minimum Gasteiger partial charge on any atom is -0.468 e. The highest BCUT2D eigenvalue weighted by Gasteiger charge is 2.54. The molecule has 0 aromatic heterocycles. The van der Waals surface area contributed by atoms with Crippen LogP contribution in [0.4, 0.5) is 13.2 Å². The zero-order chi connectivity index (χ0) is 38.6. The fourth-order valence-corrected chi connectivity index (χ4v) is 7.06. The monoisotopic (exact) mass is 818 g/mol. The van der Waals surface area contributed by atoms with Crippen molar-refractivity contribution in [2.45, 2.75) is 69.0 Å². The molecule has 1 aliphatic rings. The van der Waals surface area contributed by atoms with Crippen LogP contribution in [-0.2, 0) is 65.8 Å². The molecular formula is C44H42BrF3O7. The molecule has 0 amide bonds. The van der Waals surface area contributed by atoms with Gasteiger partial charge < -0.3 is 28.4 Å². The summed E-state index contributed by atoms with van der Waals surface area (Å²) in [5, 5.41) is 0. The van der Waals surface area contributed by atoms with Crippen LogP contribution in [0.5, 0.6) is 0 Å². The number of esters is 1. The van der Waals surface area contributed by atoms with Crippen LogP contribution in [0.3, 0.4) is 0 Å². The van der Waals surface area contributed by atoms with Gasteiger partial charge in [-0.25, -0.2) is 0 Å². The van der Waals surface area contributed by atoms with E-state index >= 15 is 0 Å². The molecule has 288 valence electrons. The van der Waals surface area contributed by atoms with Crippen molar-refractivity contribution in [2.24, 2.45) is 0 Å². The standard InChI is InChI=1S/C44H42BrF3O7/c1-50-43(49)38(35-23-22-34(45)24-36(35)44(46,47)48)40-42(54-28-33-20-12-5-13-21-33)41(53-27-32-18-10-4-11-19-32)39(52-26-31-16-8-3-9-17-31)37(55-40)29-51-25-30-14-6-2-7-15-30/h2-24,37-42H,25-29H2,1H3/t37-,38-,39-,40-,41-,42+/m1/s1. The molecule has 7 nitrogen and oxygen atoms in total. The number of hydrogen-bond acceptors (Lipinski definition) is 7. The van der Waals surface area contributed by atoms with Crippen molar-refractivity contribution >= 4 is 21.9 Å². The van der Waals surface area contributed by atoms with Crippen LogP contribution >= 0.6 is 15.9 Å². The number of ether oxygens (including phenoxy) is 6. The highest BCUT2D eigenvalue weighted by Crippen LogP contribution is 2.43. The van der Waals surface area contributed by atoms with E-state index in [9.17, 15) is 18.0 Å². The Morgan fingerprint density at radius 3 is 1.58 bits per heavy atom. The first kappa shape index (κ1) is 40.3. The maximum atomic E-state index is 14.8. The van der Waals surface area contributed by atoms with Crippen molar-refractivity contribution < 1.29 is 46.4 Å². The quantitative estimate of drug-likeness (QED) is 0.0920. The fraction of sp³-hybridized carbons (Fsp3) is 0.295. The summed E-state index contributed by atoms with van der Waals surface area (Å²) in [6, 6.07) is 41.6. The number of carbonyl (C=O) groups is 1. The molecule has 6 atom stereocenters. The van der Waals surface area contributed by atoms with Gasteiger partial charge >= 0.3 is 12.1 Å². The molecule has 6 rings (SSSR count). The zero-order valence-corrected chi connectivity index (χ0v) is 31.7. The number of hydrogen-bond donors (Lipinski definition) is 0. The second-order valence-corrected chi connectivity index (χ2v) is 14.1. The number of alkyl halides is 3. The van der Waals surface area contributed by atoms with E-state index in [0.717, 1.165) is 35.4 Å². The molecule has 1 fully saturated rings. The third-order valence-corrected chi connectivity index (χ3v) is 9.85. The van der Waals surface area contributed by atoms with Crippen LogP contribution in [-0.4, -0.2) is 50.2 Å². The number of rotatable bonds is 16. The van der Waals surface area contributed by atoms with E-state index in [0.29, 0.717) is 0 Å². The topological polar surface area (TPSA) is 72.5 Å². The molecular weight excluding hydrogens is 777 g/mol. The summed E-state index contributed by atoms with van der Waals surface area (Å²) in [4.78, 5) is 13.9. The molecule has 5 aromatic carbocycles. The van der Waals surface area contributed by atoms with Crippen LogP contribution in [0.2, 0.25) is 0 Å². The Balaban J connectivity index is 1.46. The van der Waals surface area contributed by atoms with Crippen LogP contribution < -0.4 is 0 Å². The van der Waals surface area contributed by atoms with Crippen molar-refractivity contribution in [2.75, 3.05) is 13.7 Å². The van der Waals surface area contributed by atoms with E-state index in [4.69, 9.17) is 28.4 Å². The maximum Gasteiger partial charge on any atom is 0.416 e. The smallest absolute Gasteiger partial charge is 0.416 e. The highest BCUT2D eigenvalue weighted by atomic mass is 79.9. The molecule has 55 heavy (non-hydrogen) atoms. The third-order valence-electron chi connectivity index (χ3n) is 9.36. The molecule has 5 aromatic rings. The van der Waals surface area contributed by atoms with Crippen molar-refractivity contribution in [1.82, 2.24) is 0 Å². The van der Waals surface area contributed by atoms with Gasteiger partial charge in [-0.1, -0.05) is 143 Å². The van der Waals surface area contributed by atoms with Gasteiger partial charge in [-0.15, -0.1) is 0 Å². The van der Waals surface area contributed by atoms with Crippen LogP contribution in [0.1, 0.15) is 39.3 Å². The number of halogens is 4. The maximum absolute atomic E-state index is 14.8. The van der Waals surface area contributed by atoms with E-state index in [-0.39, 0.29) is 43.1 Å². The first-order valence-corrected chi connectivity index (χ1v) is 18.7. The first-order valence-electron chi connectivity index (χ1n) is 17.9. The Morgan fingerprint density at radius 2 is 1.11 bits per heavy atom. The van der Waals surface area contributed by atoms with E-state index in [1.54, 1.807) is 0 Å². The first-order chi connectivity index (χ1) is 26.7. The van der Waals surface area contributed by atoms with Crippen LogP contribution in [0.25, 0.3) is 0 Å². The van der Waals surface area contributed by atoms with Gasteiger partial charge in [0.05, 0.1) is 45.7 Å². The Labute approximate surface area is 327 Å². The molecule has 1 aliphatic heterocycles. The minimum atomic E-state index is -4.82. The lowest BCUT2D eigenvalue weighted by Gasteiger charge is -2.48. The molecule has 0 aliphatic carbocycles. The summed E-state index contributed by atoms with van der Waals surface area (Å²) in [7, 11) is 1.14. The van der Waals surface area contributed by atoms with Gasteiger partial charge in [0.2, 0.25) is 0 Å². The average molecular weight is 820 g/mol. The second-order valence-electron chi connectivity index (χ2n) is 13.2. The predicted octanol–water partition coefficient (Wildman–Crippen LogP) is 9.46. The van der Waals surface area contributed by atoms with Gasteiger partial charge in [-0.05, 0) is 39.9 Å². The van der Waals surface area contributed by atoms with E-state index in [1.165, 1.54) is 12.1 Å². The van der Waals surface area contributed by atoms with Gasteiger partial charge in [0.1, 0.15) is 36.4 Å². The SMILES string of the molecule is COC(=O)[C@H](c1ccc(Br)cc1C(F)(F)F)[C@H]1O[C@H](COCc2ccccc2)[C@@H](OCc2ccccc2)[C@@H](OCc2ccccc2)[C@H]1OCc1ccccc1. The molecule has 1 heterocycles. The van der Waals surface area contributed by atoms with E-state index in [1.807, 2.05) is 121 Å². The Hall–Kier alpha value is -4.36. The summed E-state index contributed by atoms with van der Waals surface area (Å²) in [6.07, 6.45) is -10.0. The van der Waals surface area contributed by atoms with Gasteiger partial charge in [0.25, 0.3) is 0 Å². The summed E-state index contributed by atoms with van der Waals surface area (Å²) in [6.45, 7) is 0.503. The summed E-state index contributed by atoms with van der Waals surface area (Å²) in [5.74, 6) is -2.52. The largest absolute Gasteiger partial charge is 0.468 e. The average Bonchev–Trinajstić information content (AvgIpc) is 3.20. The van der Waals surface area contributed by atoms with E-state index in [2.05, 4.69) is 15.9 Å². The van der Waals surface area contributed by atoms with Crippen LogP contribution in [0, 0.1) is 0 Å². The minimum absolute atomic E-state index is 0.0392. The van der Waals surface area contributed by atoms with Gasteiger partial charge in [-0.3, -0.25) is 4.79 Å². The molecule has 11 heteroatoms. The lowest BCUT2D eigenvalue weighted by Crippen LogP contribution is -2.63. The molecule has 0 radical (unpaired) electrons. The Bertz CT molecular complexity index is 1920. The molecule has 1 saturated heterocycles. The van der Waals surface area contributed by atoms with Gasteiger partial charge in [0, 0.05) is 4.47 Å². The molecule has 0 bridgehead atoms. The Morgan fingerprint density at radius 1 is 0.655 bits per heavy atom. The van der Waals surface area contributed by atoms with Gasteiger partial charge in [-0.2, -0.15) is 13.2 Å². The lowest BCUT2D eigenvalue weighted by molar-refractivity contribution is -0.276. The van der Waals surface area contributed by atoms with E-state index < -0.39 is 54.1 Å². The molecule has 0 N–H and O–H groups in total. The van der Waals surface area contributed by atoms with Crippen molar-refractivity contribution in [1.29, 1.82) is 0 Å². The molecule has 0 saturated carbocycles. The normalized spacial score (nSPS) is 20.5. The fourth-order valence-electron chi connectivity index (χ4n) is 6.70. The number of carbonyl (C=O) groups excluding carboxylic acids is 1. The lowest BCUT2D eigenvalue weighted by atomic mass is 9.81. The van der Waals surface area contributed by atoms with Crippen molar-refractivity contribution in [3.63, 3.8) is 0 Å². The zero-order valence-electron chi connectivity index (χ0n) is 30.1. The Kier molecular flexibility index (Phi) is 14.3. The van der Waals surface area contributed by atoms with Crippen LogP contribution in [0.15, 0.2) is 144 Å². The van der Waals surface area contributed by atoms with Crippen molar-refractivity contribution in [3.05, 3.63) is 177 Å². The summed E-state index contributed by atoms with van der Waals surface area (Å²) in [5.41, 5.74) is 2.11. The third kappa shape index (κ3) is 10.9. The summed E-state index contributed by atoms with van der Waals surface area (Å²) < 4.78 is 82.9. The molecule has 0 spiro atoms. The number of benzene rings is 5. The van der Waals surface area contributed by atoms with Gasteiger partial charge in [0.15, 0.2) is 0 Å². The predicted molar refractivity (Wildman–Crippen MR) is 204 cm³/mol. The highest BCUT2D eigenvalue weighted by molar-refractivity contribution is 9.10. The summed E-state index contributed by atoms with van der Waals surface area (Å²) >= 11 is 3.18.